The van der Waals surface area contributed by atoms with Crippen molar-refractivity contribution in [2.45, 2.75) is 71.4 Å². The molecule has 1 aliphatic carbocycles. The van der Waals surface area contributed by atoms with Gasteiger partial charge in [-0.2, -0.15) is 5.10 Å². The predicted octanol–water partition coefficient (Wildman–Crippen LogP) is 3.71. The van der Waals surface area contributed by atoms with Crippen molar-refractivity contribution in [3.8, 4) is 0 Å². The molecule has 2 atom stereocenters. The van der Waals surface area contributed by atoms with E-state index in [-0.39, 0.29) is 5.54 Å². The van der Waals surface area contributed by atoms with E-state index in [2.05, 4.69) is 18.9 Å². The maximum Gasteiger partial charge on any atom is 0.0847 e. The van der Waals surface area contributed by atoms with Crippen LogP contribution in [0.4, 0.5) is 0 Å². The molecule has 19 heavy (non-hydrogen) atoms. The number of hydrogen-bond donors (Lipinski definition) is 1. The van der Waals surface area contributed by atoms with Crippen LogP contribution in [0.25, 0.3) is 0 Å². The van der Waals surface area contributed by atoms with E-state index in [0.717, 1.165) is 48.1 Å². The van der Waals surface area contributed by atoms with Crippen molar-refractivity contribution in [3.63, 3.8) is 0 Å². The first-order valence-electron chi connectivity index (χ1n) is 7.46. The zero-order valence-electron chi connectivity index (χ0n) is 12.4. The fourth-order valence-electron chi connectivity index (χ4n) is 3.15. The summed E-state index contributed by atoms with van der Waals surface area (Å²) in [4.78, 5) is 0. The van der Waals surface area contributed by atoms with Crippen molar-refractivity contribution in [1.29, 1.82) is 0 Å². The number of nitrogens with two attached hydrogens (primary N) is 1. The summed E-state index contributed by atoms with van der Waals surface area (Å²) in [5.74, 6) is 0.804. The lowest BCUT2D eigenvalue weighted by molar-refractivity contribution is 0.353. The number of rotatable bonds is 3. The van der Waals surface area contributed by atoms with E-state index in [1.165, 1.54) is 19.3 Å². The molecule has 2 rings (SSSR count). The Hall–Kier alpha value is -0.540. The van der Waals surface area contributed by atoms with Crippen molar-refractivity contribution in [1.82, 2.24) is 9.78 Å². The molecule has 1 aromatic heterocycles. The SMILES string of the molecule is CCn1nc(C)c(Cl)c1CC1(N)CCCC(C)CC1. The van der Waals surface area contributed by atoms with Gasteiger partial charge in [0.05, 0.1) is 16.4 Å². The van der Waals surface area contributed by atoms with Crippen LogP contribution in [0.3, 0.4) is 0 Å². The molecule has 0 aromatic carbocycles. The molecule has 3 nitrogen and oxygen atoms in total. The highest BCUT2D eigenvalue weighted by Crippen LogP contribution is 2.33. The first kappa shape index (κ1) is 14.9. The van der Waals surface area contributed by atoms with E-state index in [0.29, 0.717) is 0 Å². The average Bonchev–Trinajstić information content (AvgIpc) is 2.53. The van der Waals surface area contributed by atoms with Crippen molar-refractivity contribution >= 4 is 11.6 Å². The molecule has 2 N–H and O–H groups in total. The van der Waals surface area contributed by atoms with E-state index in [4.69, 9.17) is 17.3 Å². The molecule has 0 aliphatic heterocycles. The Balaban J connectivity index is 2.19. The van der Waals surface area contributed by atoms with Gasteiger partial charge < -0.3 is 5.73 Å². The lowest BCUT2D eigenvalue weighted by Gasteiger charge is -2.28. The summed E-state index contributed by atoms with van der Waals surface area (Å²) in [5.41, 5.74) is 8.60. The summed E-state index contributed by atoms with van der Waals surface area (Å²) in [5, 5.41) is 5.30. The minimum Gasteiger partial charge on any atom is -0.325 e. The predicted molar refractivity (Wildman–Crippen MR) is 80.5 cm³/mol. The minimum atomic E-state index is -0.103. The van der Waals surface area contributed by atoms with E-state index in [1.54, 1.807) is 0 Å². The quantitative estimate of drug-likeness (QED) is 0.860. The summed E-state index contributed by atoms with van der Waals surface area (Å²) in [7, 11) is 0. The van der Waals surface area contributed by atoms with Crippen LogP contribution in [0.15, 0.2) is 0 Å². The van der Waals surface area contributed by atoms with Gasteiger partial charge in [-0.3, -0.25) is 4.68 Å². The topological polar surface area (TPSA) is 43.8 Å². The van der Waals surface area contributed by atoms with Gasteiger partial charge in [0.15, 0.2) is 0 Å². The second kappa shape index (κ2) is 5.84. The van der Waals surface area contributed by atoms with Gasteiger partial charge in [0, 0.05) is 18.5 Å². The molecule has 0 radical (unpaired) electrons. The first-order valence-corrected chi connectivity index (χ1v) is 7.83. The molecule has 4 heteroatoms. The third-order valence-electron chi connectivity index (χ3n) is 4.48. The van der Waals surface area contributed by atoms with Crippen LogP contribution in [0.5, 0.6) is 0 Å². The second-order valence-corrected chi connectivity index (χ2v) is 6.62. The summed E-state index contributed by atoms with van der Waals surface area (Å²) < 4.78 is 2.01. The Morgan fingerprint density at radius 3 is 2.84 bits per heavy atom. The molecule has 1 heterocycles. The molecule has 0 bridgehead atoms. The second-order valence-electron chi connectivity index (χ2n) is 6.24. The number of aromatic nitrogens is 2. The van der Waals surface area contributed by atoms with E-state index in [9.17, 15) is 0 Å². The maximum atomic E-state index is 6.66. The Morgan fingerprint density at radius 2 is 2.16 bits per heavy atom. The van der Waals surface area contributed by atoms with Gasteiger partial charge in [0.25, 0.3) is 0 Å². The summed E-state index contributed by atoms with van der Waals surface area (Å²) in [6.45, 7) is 7.26. The lowest BCUT2D eigenvalue weighted by Crippen LogP contribution is -2.42. The van der Waals surface area contributed by atoms with Crippen LogP contribution in [0.1, 0.15) is 57.3 Å². The van der Waals surface area contributed by atoms with Gasteiger partial charge in [-0.05, 0) is 39.0 Å². The minimum absolute atomic E-state index is 0.103. The van der Waals surface area contributed by atoms with Gasteiger partial charge >= 0.3 is 0 Å². The Morgan fingerprint density at radius 1 is 1.42 bits per heavy atom. The van der Waals surface area contributed by atoms with E-state index >= 15 is 0 Å². The van der Waals surface area contributed by atoms with Crippen LogP contribution in [0.2, 0.25) is 5.02 Å². The summed E-state index contributed by atoms with van der Waals surface area (Å²) in [6.07, 6.45) is 6.81. The van der Waals surface area contributed by atoms with Gasteiger partial charge in [0.1, 0.15) is 0 Å². The molecule has 1 aliphatic rings. The number of aryl methyl sites for hydroxylation is 2. The molecule has 1 saturated carbocycles. The summed E-state index contributed by atoms with van der Waals surface area (Å²) in [6, 6.07) is 0. The highest BCUT2D eigenvalue weighted by molar-refractivity contribution is 6.31. The van der Waals surface area contributed by atoms with E-state index < -0.39 is 0 Å². The number of nitrogens with zero attached hydrogens (tertiary/aromatic N) is 2. The van der Waals surface area contributed by atoms with Crippen molar-refractivity contribution in [3.05, 3.63) is 16.4 Å². The van der Waals surface area contributed by atoms with Crippen LogP contribution in [-0.2, 0) is 13.0 Å². The van der Waals surface area contributed by atoms with Crippen molar-refractivity contribution in [2.75, 3.05) is 0 Å². The van der Waals surface area contributed by atoms with Gasteiger partial charge in [-0.25, -0.2) is 0 Å². The zero-order chi connectivity index (χ0) is 14.0. The molecule has 1 aromatic rings. The third-order valence-corrected chi connectivity index (χ3v) is 4.97. The largest absolute Gasteiger partial charge is 0.325 e. The fraction of sp³-hybridized carbons (Fsp3) is 0.800. The summed E-state index contributed by atoms with van der Waals surface area (Å²) >= 11 is 6.40. The van der Waals surface area contributed by atoms with Gasteiger partial charge in [-0.1, -0.05) is 31.4 Å². The highest BCUT2D eigenvalue weighted by atomic mass is 35.5. The zero-order valence-corrected chi connectivity index (χ0v) is 13.1. The molecule has 0 amide bonds. The van der Waals surface area contributed by atoms with E-state index in [1.807, 2.05) is 11.6 Å². The molecule has 0 spiro atoms. The Bertz CT molecular complexity index is 441. The van der Waals surface area contributed by atoms with Crippen LogP contribution in [-0.4, -0.2) is 15.3 Å². The smallest absolute Gasteiger partial charge is 0.0847 e. The van der Waals surface area contributed by atoms with Gasteiger partial charge in [-0.15, -0.1) is 0 Å². The standard InChI is InChI=1S/C15H26ClN3/c1-4-19-13(14(16)12(3)18-19)10-15(17)8-5-6-11(2)7-9-15/h11H,4-10,17H2,1-3H3. The number of hydrogen-bond acceptors (Lipinski definition) is 2. The Labute approximate surface area is 121 Å². The third kappa shape index (κ3) is 3.32. The maximum absolute atomic E-state index is 6.66. The van der Waals surface area contributed by atoms with Crippen LogP contribution < -0.4 is 5.73 Å². The normalized spacial score (nSPS) is 28.4. The molecule has 1 fully saturated rings. The molecule has 2 unspecified atom stereocenters. The van der Waals surface area contributed by atoms with Crippen LogP contribution in [0, 0.1) is 12.8 Å². The molecular formula is C15H26ClN3. The average molecular weight is 284 g/mol. The molecule has 0 saturated heterocycles. The monoisotopic (exact) mass is 283 g/mol. The first-order chi connectivity index (χ1) is 8.95. The van der Waals surface area contributed by atoms with Crippen molar-refractivity contribution < 1.29 is 0 Å². The van der Waals surface area contributed by atoms with Crippen molar-refractivity contribution in [2.24, 2.45) is 11.7 Å². The fourth-order valence-corrected chi connectivity index (χ4v) is 3.36. The molecule has 108 valence electrons. The Kier molecular flexibility index (Phi) is 4.57. The lowest BCUT2D eigenvalue weighted by atomic mass is 9.86. The number of halogens is 1. The molecular weight excluding hydrogens is 258 g/mol. The van der Waals surface area contributed by atoms with Crippen LogP contribution >= 0.6 is 11.6 Å². The van der Waals surface area contributed by atoms with Gasteiger partial charge in [0.2, 0.25) is 0 Å². The highest BCUT2D eigenvalue weighted by Gasteiger charge is 2.31.